The Kier molecular flexibility index (Phi) is 4.84. The van der Waals surface area contributed by atoms with E-state index >= 15 is 4.39 Å². The number of benzene rings is 1. The Morgan fingerprint density at radius 3 is 2.63 bits per heavy atom. The van der Waals surface area contributed by atoms with Crippen molar-refractivity contribution in [1.82, 2.24) is 14.5 Å². The highest BCUT2D eigenvalue weighted by molar-refractivity contribution is 5.78. The number of carbonyl (C=O) groups is 1. The van der Waals surface area contributed by atoms with Crippen LogP contribution in [0.1, 0.15) is 33.6 Å². The third-order valence-corrected chi connectivity index (χ3v) is 4.57. The molecule has 2 heterocycles. The van der Waals surface area contributed by atoms with Gasteiger partial charge in [0.2, 0.25) is 0 Å². The van der Waals surface area contributed by atoms with E-state index < -0.39 is 22.9 Å². The van der Waals surface area contributed by atoms with Crippen LogP contribution in [0.2, 0.25) is 0 Å². The predicted octanol–water partition coefficient (Wildman–Crippen LogP) is 2.84. The number of phenolic OH excluding ortho intramolecular Hbond substituents is 1. The highest BCUT2D eigenvalue weighted by atomic mass is 19.1. The molecule has 1 aromatic heterocycles. The van der Waals surface area contributed by atoms with E-state index in [0.717, 1.165) is 0 Å². The number of aromatic hydroxyl groups is 1. The Balaban J connectivity index is 1.72. The zero-order chi connectivity index (χ0) is 19.8. The molecule has 8 heteroatoms. The normalized spacial score (nSPS) is 17.1. The van der Waals surface area contributed by atoms with E-state index in [-0.39, 0.29) is 43.6 Å². The van der Waals surface area contributed by atoms with Gasteiger partial charge in [0.15, 0.2) is 0 Å². The molecule has 1 aliphatic rings. The first-order valence-electron chi connectivity index (χ1n) is 8.91. The van der Waals surface area contributed by atoms with Crippen LogP contribution < -0.4 is 5.56 Å². The van der Waals surface area contributed by atoms with Gasteiger partial charge < -0.3 is 14.7 Å². The average Bonchev–Trinajstić information content (AvgIpc) is 2.57. The molecular formula is C19H24FN3O4. The topological polar surface area (TPSA) is 84.7 Å². The summed E-state index contributed by atoms with van der Waals surface area (Å²) in [6.45, 7) is 5.65. The number of alkyl halides is 1. The molecule has 1 fully saturated rings. The maximum atomic E-state index is 15.3. The second kappa shape index (κ2) is 6.83. The van der Waals surface area contributed by atoms with Crippen LogP contribution in [-0.2, 0) is 11.3 Å². The number of ether oxygens (including phenoxy) is 1. The van der Waals surface area contributed by atoms with Crippen LogP contribution in [0.15, 0.2) is 29.3 Å². The van der Waals surface area contributed by atoms with Crippen LogP contribution in [0.4, 0.5) is 9.18 Å². The molecule has 27 heavy (non-hydrogen) atoms. The largest absolute Gasteiger partial charge is 0.508 e. The van der Waals surface area contributed by atoms with Crippen molar-refractivity contribution in [3.05, 3.63) is 34.9 Å². The first-order valence-corrected chi connectivity index (χ1v) is 8.91. The molecular weight excluding hydrogens is 353 g/mol. The Morgan fingerprint density at radius 1 is 1.33 bits per heavy atom. The molecule has 0 atom stereocenters. The van der Waals surface area contributed by atoms with Crippen molar-refractivity contribution in [2.45, 2.75) is 51.4 Å². The molecule has 0 aliphatic carbocycles. The van der Waals surface area contributed by atoms with E-state index in [1.165, 1.54) is 27.9 Å². The predicted molar refractivity (Wildman–Crippen MR) is 98.5 cm³/mol. The molecule has 0 bridgehead atoms. The van der Waals surface area contributed by atoms with Crippen molar-refractivity contribution in [1.29, 1.82) is 0 Å². The molecule has 7 nitrogen and oxygen atoms in total. The minimum Gasteiger partial charge on any atom is -0.508 e. The standard InChI is InChI=1S/C19H24FN3O4/c1-18(2,3)27-17(26)22-8-6-19(20,7-9-22)11-23-12-21-15-5-4-13(24)10-14(15)16(23)25/h4-5,10,12,24H,6-9,11H2,1-3H3. The van der Waals surface area contributed by atoms with Gasteiger partial charge in [-0.15, -0.1) is 0 Å². The van der Waals surface area contributed by atoms with Crippen molar-refractivity contribution in [2.24, 2.45) is 0 Å². The molecule has 3 rings (SSSR count). The quantitative estimate of drug-likeness (QED) is 0.870. The molecule has 0 unspecified atom stereocenters. The van der Waals surface area contributed by atoms with Gasteiger partial charge in [-0.1, -0.05) is 0 Å². The molecule has 0 spiro atoms. The summed E-state index contributed by atoms with van der Waals surface area (Å²) in [5, 5.41) is 9.82. The molecule has 2 aromatic rings. The first-order chi connectivity index (χ1) is 12.6. The number of likely N-dealkylation sites (tertiary alicyclic amines) is 1. The first kappa shape index (κ1) is 19.1. The van der Waals surface area contributed by atoms with Crippen LogP contribution in [-0.4, -0.2) is 50.0 Å². The lowest BCUT2D eigenvalue weighted by atomic mass is 9.93. The molecule has 146 valence electrons. The number of fused-ring (bicyclic) bond motifs is 1. The second-order valence-corrected chi connectivity index (χ2v) is 8.00. The van der Waals surface area contributed by atoms with Gasteiger partial charge in [-0.2, -0.15) is 0 Å². The monoisotopic (exact) mass is 377 g/mol. The lowest BCUT2D eigenvalue weighted by molar-refractivity contribution is -0.000799. The van der Waals surface area contributed by atoms with Gasteiger partial charge >= 0.3 is 6.09 Å². The number of carbonyl (C=O) groups excluding carboxylic acids is 1. The van der Waals surface area contributed by atoms with Crippen molar-refractivity contribution >= 4 is 17.0 Å². The van der Waals surface area contributed by atoms with Crippen LogP contribution in [0, 0.1) is 0 Å². The van der Waals surface area contributed by atoms with E-state index in [1.807, 2.05) is 0 Å². The molecule has 0 saturated carbocycles. The van der Waals surface area contributed by atoms with Gasteiger partial charge in [-0.05, 0) is 39.0 Å². The number of aromatic nitrogens is 2. The number of halogens is 1. The average molecular weight is 377 g/mol. The highest BCUT2D eigenvalue weighted by Crippen LogP contribution is 2.29. The zero-order valence-corrected chi connectivity index (χ0v) is 15.7. The van der Waals surface area contributed by atoms with Crippen LogP contribution >= 0.6 is 0 Å². The van der Waals surface area contributed by atoms with Gasteiger partial charge in [0, 0.05) is 25.9 Å². The van der Waals surface area contributed by atoms with E-state index in [2.05, 4.69) is 4.98 Å². The SMILES string of the molecule is CC(C)(C)OC(=O)N1CCC(F)(Cn2cnc3ccc(O)cc3c2=O)CC1. The Morgan fingerprint density at radius 2 is 2.00 bits per heavy atom. The summed E-state index contributed by atoms with van der Waals surface area (Å²) >= 11 is 0. The maximum Gasteiger partial charge on any atom is 0.410 e. The molecule has 0 radical (unpaired) electrons. The zero-order valence-electron chi connectivity index (χ0n) is 15.7. The van der Waals surface area contributed by atoms with Crippen molar-refractivity contribution in [3.8, 4) is 5.75 Å². The van der Waals surface area contributed by atoms with Crippen LogP contribution in [0.5, 0.6) is 5.75 Å². The fraction of sp³-hybridized carbons (Fsp3) is 0.526. The van der Waals surface area contributed by atoms with Gasteiger partial charge in [-0.3, -0.25) is 9.36 Å². The minimum absolute atomic E-state index is 0.0419. The summed E-state index contributed by atoms with van der Waals surface area (Å²) in [5.74, 6) is -0.0419. The Bertz CT molecular complexity index is 911. The number of rotatable bonds is 2. The minimum atomic E-state index is -1.62. The second-order valence-electron chi connectivity index (χ2n) is 8.00. The number of amides is 1. The van der Waals surface area contributed by atoms with Gasteiger partial charge in [0.05, 0.1) is 23.8 Å². The summed E-state index contributed by atoms with van der Waals surface area (Å²) in [6.07, 6.45) is 1.08. The number of hydrogen-bond acceptors (Lipinski definition) is 5. The third kappa shape index (κ3) is 4.37. The fourth-order valence-electron chi connectivity index (χ4n) is 3.14. The smallest absolute Gasteiger partial charge is 0.410 e. The third-order valence-electron chi connectivity index (χ3n) is 4.57. The number of piperidine rings is 1. The number of nitrogens with zero attached hydrogens (tertiary/aromatic N) is 3. The summed E-state index contributed by atoms with van der Waals surface area (Å²) in [5.41, 5.74) is -2.17. The van der Waals surface area contributed by atoms with E-state index in [0.29, 0.717) is 5.52 Å². The van der Waals surface area contributed by atoms with E-state index in [4.69, 9.17) is 4.74 Å². The van der Waals surface area contributed by atoms with Crippen molar-refractivity contribution in [2.75, 3.05) is 13.1 Å². The molecule has 1 N–H and O–H groups in total. The summed E-state index contributed by atoms with van der Waals surface area (Å²) < 4.78 is 21.8. The van der Waals surface area contributed by atoms with Gasteiger partial charge in [0.1, 0.15) is 17.0 Å². The summed E-state index contributed by atoms with van der Waals surface area (Å²) in [4.78, 5) is 30.3. The van der Waals surface area contributed by atoms with Crippen LogP contribution in [0.3, 0.4) is 0 Å². The molecule has 1 aromatic carbocycles. The van der Waals surface area contributed by atoms with Crippen molar-refractivity contribution < 1.29 is 19.0 Å². The summed E-state index contributed by atoms with van der Waals surface area (Å²) in [7, 11) is 0. The fourth-order valence-corrected chi connectivity index (χ4v) is 3.14. The molecule has 1 aliphatic heterocycles. The lowest BCUT2D eigenvalue weighted by Gasteiger charge is -2.37. The van der Waals surface area contributed by atoms with E-state index in [1.54, 1.807) is 26.8 Å². The van der Waals surface area contributed by atoms with Crippen LogP contribution in [0.25, 0.3) is 10.9 Å². The number of phenols is 1. The van der Waals surface area contributed by atoms with Crippen molar-refractivity contribution in [3.63, 3.8) is 0 Å². The highest BCUT2D eigenvalue weighted by Gasteiger charge is 2.37. The number of hydrogen-bond donors (Lipinski definition) is 1. The van der Waals surface area contributed by atoms with E-state index in [9.17, 15) is 14.7 Å². The summed E-state index contributed by atoms with van der Waals surface area (Å²) in [6, 6.07) is 4.32. The van der Waals surface area contributed by atoms with Gasteiger partial charge in [0.25, 0.3) is 5.56 Å². The molecule has 1 amide bonds. The Labute approximate surface area is 156 Å². The molecule has 1 saturated heterocycles. The maximum absolute atomic E-state index is 15.3. The Hall–Kier alpha value is -2.64. The van der Waals surface area contributed by atoms with Gasteiger partial charge in [-0.25, -0.2) is 14.2 Å². The lowest BCUT2D eigenvalue weighted by Crippen LogP contribution is -2.48.